The normalized spacial score (nSPS) is 19.0. The second-order valence-corrected chi connectivity index (χ2v) is 5.40. The van der Waals surface area contributed by atoms with Crippen molar-refractivity contribution in [1.29, 1.82) is 0 Å². The summed E-state index contributed by atoms with van der Waals surface area (Å²) in [7, 11) is -4.92. The Balaban J connectivity index is 2.20. The second-order valence-electron chi connectivity index (χ2n) is 4.08. The smallest absolute Gasteiger partial charge is 0.334 e. The van der Waals surface area contributed by atoms with Crippen LogP contribution in [0.2, 0.25) is 0 Å². The summed E-state index contributed by atoms with van der Waals surface area (Å²) >= 11 is 0. The highest BCUT2D eigenvalue weighted by molar-refractivity contribution is 7.86. The van der Waals surface area contributed by atoms with E-state index in [4.69, 9.17) is 0 Å². The number of halogens is 1. The van der Waals surface area contributed by atoms with E-state index in [1.54, 1.807) is 0 Å². The first kappa shape index (κ1) is 13.5. The lowest BCUT2D eigenvalue weighted by atomic mass is 10.2. The molecule has 0 saturated carbocycles. The van der Waals surface area contributed by atoms with E-state index < -0.39 is 27.1 Å². The maximum absolute atomic E-state index is 13.0. The highest BCUT2D eigenvalue weighted by Gasteiger charge is 2.28. The quantitative estimate of drug-likeness (QED) is 0.794. The average molecular weight is 286 g/mol. The molecule has 0 spiro atoms. The Bertz CT molecular complexity index is 629. The lowest BCUT2D eigenvalue weighted by Crippen LogP contribution is -2.37. The maximum atomic E-state index is 13.0. The summed E-state index contributed by atoms with van der Waals surface area (Å²) in [6.45, 7) is 0. The van der Waals surface area contributed by atoms with Crippen molar-refractivity contribution in [1.82, 2.24) is 5.32 Å². The summed E-state index contributed by atoms with van der Waals surface area (Å²) in [4.78, 5) is 22.2. The van der Waals surface area contributed by atoms with E-state index in [1.807, 2.05) is 0 Å². The van der Waals surface area contributed by atoms with Gasteiger partial charge in [-0.25, -0.2) is 0 Å². The molecule has 1 aliphatic heterocycles. The Morgan fingerprint density at radius 2 is 2.05 bits per heavy atom. The van der Waals surface area contributed by atoms with Gasteiger partial charge in [-0.1, -0.05) is 12.1 Å². The van der Waals surface area contributed by atoms with Crippen LogP contribution in [0.25, 0.3) is 0 Å². The summed E-state index contributed by atoms with van der Waals surface area (Å²) in [5.74, 6) is -0.812. The van der Waals surface area contributed by atoms with Crippen molar-refractivity contribution in [3.8, 4) is 0 Å². The van der Waals surface area contributed by atoms with Crippen molar-refractivity contribution in [3.05, 3.63) is 24.3 Å². The van der Waals surface area contributed by atoms with Gasteiger partial charge in [0.05, 0.1) is 5.69 Å². The van der Waals surface area contributed by atoms with Gasteiger partial charge in [0.2, 0.25) is 11.8 Å². The van der Waals surface area contributed by atoms with Crippen LogP contribution in [0.15, 0.2) is 29.2 Å². The molecule has 0 radical (unpaired) electrons. The van der Waals surface area contributed by atoms with Crippen LogP contribution in [0.3, 0.4) is 0 Å². The van der Waals surface area contributed by atoms with Crippen LogP contribution >= 0.6 is 0 Å². The van der Waals surface area contributed by atoms with Crippen molar-refractivity contribution in [2.45, 2.75) is 23.8 Å². The van der Waals surface area contributed by atoms with Crippen LogP contribution in [-0.2, 0) is 19.8 Å². The van der Waals surface area contributed by atoms with Gasteiger partial charge in [0.1, 0.15) is 10.9 Å². The van der Waals surface area contributed by atoms with E-state index in [-0.39, 0.29) is 18.0 Å². The number of rotatable bonds is 3. The molecule has 0 aromatic heterocycles. The van der Waals surface area contributed by atoms with Gasteiger partial charge in [-0.05, 0) is 18.6 Å². The molecule has 8 heteroatoms. The van der Waals surface area contributed by atoms with Gasteiger partial charge in [0.15, 0.2) is 0 Å². The Kier molecular flexibility index (Phi) is 3.52. The zero-order chi connectivity index (χ0) is 14.0. The lowest BCUT2D eigenvalue weighted by Gasteiger charge is -2.12. The van der Waals surface area contributed by atoms with Gasteiger partial charge in [0.25, 0.3) is 0 Å². The van der Waals surface area contributed by atoms with E-state index in [0.29, 0.717) is 6.42 Å². The first-order valence-corrected chi connectivity index (χ1v) is 6.90. The third-order valence-electron chi connectivity index (χ3n) is 2.72. The lowest BCUT2D eigenvalue weighted by molar-refractivity contribution is -0.122. The first-order valence-electron chi connectivity index (χ1n) is 5.52. The first-order chi connectivity index (χ1) is 8.88. The summed E-state index contributed by atoms with van der Waals surface area (Å²) in [5, 5.41) is 4.74. The highest BCUT2D eigenvalue weighted by Crippen LogP contribution is 2.23. The molecular formula is C11H11FN2O4S. The predicted molar refractivity (Wildman–Crippen MR) is 64.5 cm³/mol. The molecule has 1 aromatic rings. The molecule has 2 amide bonds. The summed E-state index contributed by atoms with van der Waals surface area (Å²) < 4.78 is 34.9. The maximum Gasteiger partial charge on any atom is 0.334 e. The summed E-state index contributed by atoms with van der Waals surface area (Å²) in [6, 6.07) is 4.43. The number of amides is 2. The van der Waals surface area contributed by atoms with Gasteiger partial charge >= 0.3 is 10.2 Å². The standard InChI is InChI=1S/C11H11FN2O4S/c12-19(17,18)9-4-2-1-3-7(9)14-11(16)8-5-6-10(15)13-8/h1-4,8H,5-6H2,(H,13,15)(H,14,16). The predicted octanol–water partition coefficient (Wildman–Crippen LogP) is 0.562. The molecular weight excluding hydrogens is 275 g/mol. The summed E-state index contributed by atoms with van der Waals surface area (Å²) in [5.41, 5.74) is -0.142. The highest BCUT2D eigenvalue weighted by atomic mass is 32.3. The minimum atomic E-state index is -4.92. The number of carbonyl (C=O) groups excluding carboxylic acids is 2. The van der Waals surface area contributed by atoms with Gasteiger partial charge < -0.3 is 10.6 Å². The molecule has 0 aliphatic carbocycles. The minimum Gasteiger partial charge on any atom is -0.344 e. The number of anilines is 1. The molecule has 1 unspecified atom stereocenters. The molecule has 1 saturated heterocycles. The van der Waals surface area contributed by atoms with Crippen LogP contribution in [0.5, 0.6) is 0 Å². The average Bonchev–Trinajstić information content (AvgIpc) is 2.75. The Hall–Kier alpha value is -1.96. The van der Waals surface area contributed by atoms with Gasteiger partial charge in [0, 0.05) is 6.42 Å². The van der Waals surface area contributed by atoms with Crippen LogP contribution in [-0.4, -0.2) is 26.3 Å². The van der Waals surface area contributed by atoms with E-state index in [9.17, 15) is 21.9 Å². The molecule has 1 aliphatic rings. The van der Waals surface area contributed by atoms with Crippen molar-refractivity contribution in [3.63, 3.8) is 0 Å². The van der Waals surface area contributed by atoms with E-state index >= 15 is 0 Å². The molecule has 1 atom stereocenters. The fourth-order valence-corrected chi connectivity index (χ4v) is 2.44. The Morgan fingerprint density at radius 1 is 1.37 bits per heavy atom. The zero-order valence-electron chi connectivity index (χ0n) is 9.72. The fourth-order valence-electron chi connectivity index (χ4n) is 1.81. The molecule has 19 heavy (non-hydrogen) atoms. The molecule has 1 fully saturated rings. The number of hydrogen-bond acceptors (Lipinski definition) is 4. The third kappa shape index (κ3) is 3.08. The molecule has 2 rings (SSSR count). The number of carbonyl (C=O) groups is 2. The van der Waals surface area contributed by atoms with Gasteiger partial charge in [-0.2, -0.15) is 8.42 Å². The number of nitrogens with one attached hydrogen (secondary N) is 2. The Labute approximate surface area is 109 Å². The van der Waals surface area contributed by atoms with E-state index in [2.05, 4.69) is 10.6 Å². The molecule has 2 N–H and O–H groups in total. The van der Waals surface area contributed by atoms with Gasteiger partial charge in [-0.15, -0.1) is 3.89 Å². The molecule has 102 valence electrons. The second kappa shape index (κ2) is 4.96. The fraction of sp³-hybridized carbons (Fsp3) is 0.273. The minimum absolute atomic E-state index is 0.142. The monoisotopic (exact) mass is 286 g/mol. The molecule has 1 aromatic carbocycles. The Morgan fingerprint density at radius 3 is 2.63 bits per heavy atom. The van der Waals surface area contributed by atoms with Gasteiger partial charge in [-0.3, -0.25) is 9.59 Å². The molecule has 6 nitrogen and oxygen atoms in total. The van der Waals surface area contributed by atoms with Crippen molar-refractivity contribution in [2.75, 3.05) is 5.32 Å². The SMILES string of the molecule is O=C1CCC(C(=O)Nc2ccccc2S(=O)(=O)F)N1. The van der Waals surface area contributed by atoms with Crippen LogP contribution in [0, 0.1) is 0 Å². The number of hydrogen-bond donors (Lipinski definition) is 2. The number of benzene rings is 1. The van der Waals surface area contributed by atoms with Crippen LogP contribution < -0.4 is 10.6 Å². The topological polar surface area (TPSA) is 92.3 Å². The van der Waals surface area contributed by atoms with Crippen LogP contribution in [0.4, 0.5) is 9.57 Å². The summed E-state index contributed by atoms with van der Waals surface area (Å²) in [6.07, 6.45) is 0.566. The number of para-hydroxylation sites is 1. The van der Waals surface area contributed by atoms with Crippen molar-refractivity contribution in [2.24, 2.45) is 0 Å². The van der Waals surface area contributed by atoms with Crippen molar-refractivity contribution >= 4 is 27.7 Å². The van der Waals surface area contributed by atoms with Crippen molar-refractivity contribution < 1.29 is 21.9 Å². The van der Waals surface area contributed by atoms with E-state index in [0.717, 1.165) is 6.07 Å². The largest absolute Gasteiger partial charge is 0.344 e. The zero-order valence-corrected chi connectivity index (χ0v) is 10.5. The third-order valence-corrected chi connectivity index (χ3v) is 3.60. The molecule has 1 heterocycles. The van der Waals surface area contributed by atoms with Crippen LogP contribution in [0.1, 0.15) is 12.8 Å². The molecule has 0 bridgehead atoms. The van der Waals surface area contributed by atoms with E-state index in [1.165, 1.54) is 18.2 Å².